The molecule has 0 saturated carbocycles. The van der Waals surface area contributed by atoms with E-state index in [0.717, 1.165) is 4.57 Å². The summed E-state index contributed by atoms with van der Waals surface area (Å²) in [6.45, 7) is 0.0407. The fraction of sp³-hybridized carbons (Fsp3) is 0.118. The van der Waals surface area contributed by atoms with Crippen molar-refractivity contribution >= 4 is 51.3 Å². The Morgan fingerprint density at radius 1 is 0.885 bits per heavy atom. The average Bonchev–Trinajstić information content (AvgIpc) is 3.07. The van der Waals surface area contributed by atoms with Gasteiger partial charge < -0.3 is 8.83 Å². The van der Waals surface area contributed by atoms with Crippen molar-refractivity contribution in [1.29, 1.82) is 0 Å². The number of halogens is 2. The normalized spacial score (nSPS) is 11.5. The summed E-state index contributed by atoms with van der Waals surface area (Å²) in [5.41, 5.74) is 1.39. The van der Waals surface area contributed by atoms with Crippen LogP contribution in [-0.2, 0) is 6.54 Å². The lowest BCUT2D eigenvalue weighted by Gasteiger charge is -2.03. The number of aromatic nitrogens is 2. The number of carbonyl (C=O) groups excluding carboxylic acids is 1. The quantitative estimate of drug-likeness (QED) is 0.531. The summed E-state index contributed by atoms with van der Waals surface area (Å²) in [5.74, 6) is -1.92. The first-order valence-corrected chi connectivity index (χ1v) is 8.33. The van der Waals surface area contributed by atoms with E-state index in [0.29, 0.717) is 26.7 Å². The third-order valence-electron chi connectivity index (χ3n) is 3.97. The third-order valence-corrected chi connectivity index (χ3v) is 4.44. The van der Waals surface area contributed by atoms with Crippen molar-refractivity contribution in [2.24, 2.45) is 0 Å². The summed E-state index contributed by atoms with van der Waals surface area (Å²) >= 11 is 11.7. The van der Waals surface area contributed by atoms with E-state index in [9.17, 15) is 14.4 Å². The Balaban J connectivity index is 1.66. The Bertz CT molecular complexity index is 1280. The number of oxazole rings is 2. The number of hydrogen-bond acceptors (Lipinski definition) is 5. The molecule has 2 heterocycles. The first kappa shape index (κ1) is 16.7. The molecule has 0 spiro atoms. The average molecular weight is 393 g/mol. The lowest BCUT2D eigenvalue weighted by Crippen LogP contribution is -2.25. The minimum absolute atomic E-state index is 0.0407. The molecule has 2 aromatic heterocycles. The Kier molecular flexibility index (Phi) is 3.97. The van der Waals surface area contributed by atoms with Gasteiger partial charge in [-0.15, -0.1) is 0 Å². The van der Waals surface area contributed by atoms with Crippen molar-refractivity contribution in [1.82, 2.24) is 9.13 Å². The number of rotatable bonds is 3. The summed E-state index contributed by atoms with van der Waals surface area (Å²) in [6, 6.07) is 9.32. The maximum absolute atomic E-state index is 12.5. The molecule has 0 amide bonds. The van der Waals surface area contributed by atoms with Crippen molar-refractivity contribution in [3.8, 4) is 0 Å². The largest absolute Gasteiger partial charge is 0.426 e. The summed E-state index contributed by atoms with van der Waals surface area (Å²) in [5, 5.41) is 0.825. The molecule has 0 radical (unpaired) electrons. The number of hydrogen-bond donors (Lipinski definition) is 0. The van der Waals surface area contributed by atoms with Crippen LogP contribution >= 0.6 is 23.2 Å². The minimum atomic E-state index is -0.802. The van der Waals surface area contributed by atoms with Crippen molar-refractivity contribution < 1.29 is 13.6 Å². The highest BCUT2D eigenvalue weighted by Crippen LogP contribution is 2.20. The van der Waals surface area contributed by atoms with Gasteiger partial charge in [0.05, 0.1) is 11.0 Å². The number of benzene rings is 2. The molecule has 9 heteroatoms. The van der Waals surface area contributed by atoms with Gasteiger partial charge in [0.1, 0.15) is 0 Å². The van der Waals surface area contributed by atoms with Gasteiger partial charge in [-0.05, 0) is 24.3 Å². The van der Waals surface area contributed by atoms with E-state index in [1.54, 1.807) is 18.2 Å². The molecule has 4 rings (SSSR count). The van der Waals surface area contributed by atoms with Gasteiger partial charge in [0.15, 0.2) is 11.2 Å². The van der Waals surface area contributed by atoms with E-state index >= 15 is 0 Å². The molecule has 0 saturated heterocycles. The van der Waals surface area contributed by atoms with E-state index in [4.69, 9.17) is 32.0 Å². The first-order chi connectivity index (χ1) is 12.4. The van der Waals surface area contributed by atoms with Crippen LogP contribution in [0.15, 0.2) is 54.8 Å². The van der Waals surface area contributed by atoms with Gasteiger partial charge in [-0.25, -0.2) is 14.2 Å². The van der Waals surface area contributed by atoms with E-state index in [1.807, 2.05) is 0 Å². The van der Waals surface area contributed by atoms with Gasteiger partial charge >= 0.3 is 11.5 Å². The van der Waals surface area contributed by atoms with Gasteiger partial charge in [0.2, 0.25) is 5.91 Å². The second-order valence-electron chi connectivity index (χ2n) is 5.59. The highest BCUT2D eigenvalue weighted by atomic mass is 35.5. The Morgan fingerprint density at radius 2 is 1.46 bits per heavy atom. The van der Waals surface area contributed by atoms with Crippen molar-refractivity contribution in [3.05, 3.63) is 67.5 Å². The SMILES string of the molecule is O=C(CCn1c(=O)oc2cc(Cl)ccc21)n1c(=O)oc2cc(Cl)ccc21. The molecule has 0 aliphatic carbocycles. The fourth-order valence-electron chi connectivity index (χ4n) is 2.80. The predicted molar refractivity (Wildman–Crippen MR) is 96.2 cm³/mol. The summed E-state index contributed by atoms with van der Waals surface area (Å²) in [4.78, 5) is 36.5. The number of fused-ring (bicyclic) bond motifs is 2. The fourth-order valence-corrected chi connectivity index (χ4v) is 3.12. The van der Waals surface area contributed by atoms with Crippen LogP contribution in [0.25, 0.3) is 22.2 Å². The molecule has 0 atom stereocenters. The highest BCUT2D eigenvalue weighted by molar-refractivity contribution is 6.31. The summed E-state index contributed by atoms with van der Waals surface area (Å²) in [6.07, 6.45) is -0.103. The Labute approximate surface area is 154 Å². The zero-order chi connectivity index (χ0) is 18.4. The van der Waals surface area contributed by atoms with E-state index < -0.39 is 17.4 Å². The van der Waals surface area contributed by atoms with Gasteiger partial charge in [-0.1, -0.05) is 23.2 Å². The van der Waals surface area contributed by atoms with Crippen LogP contribution in [0, 0.1) is 0 Å². The van der Waals surface area contributed by atoms with E-state index in [1.165, 1.54) is 22.8 Å². The van der Waals surface area contributed by atoms with Crippen LogP contribution in [-0.4, -0.2) is 15.0 Å². The molecule has 0 N–H and O–H groups in total. The molecule has 0 fully saturated rings. The summed E-state index contributed by atoms with van der Waals surface area (Å²) < 4.78 is 12.4. The van der Waals surface area contributed by atoms with Crippen LogP contribution in [0.1, 0.15) is 11.2 Å². The van der Waals surface area contributed by atoms with Crippen LogP contribution in [0.5, 0.6) is 0 Å². The van der Waals surface area contributed by atoms with Crippen LogP contribution in [0.2, 0.25) is 10.0 Å². The summed E-state index contributed by atoms with van der Waals surface area (Å²) in [7, 11) is 0. The van der Waals surface area contributed by atoms with Crippen molar-refractivity contribution in [3.63, 3.8) is 0 Å². The van der Waals surface area contributed by atoms with E-state index in [2.05, 4.69) is 0 Å². The number of aryl methyl sites for hydroxylation is 1. The molecule has 2 aromatic carbocycles. The minimum Gasteiger partial charge on any atom is -0.408 e. The molecular weight excluding hydrogens is 383 g/mol. The predicted octanol–water partition coefficient (Wildman–Crippen LogP) is 3.54. The van der Waals surface area contributed by atoms with Gasteiger partial charge in [0, 0.05) is 35.1 Å². The third kappa shape index (κ3) is 2.75. The first-order valence-electron chi connectivity index (χ1n) is 7.57. The lowest BCUT2D eigenvalue weighted by atomic mass is 10.3. The maximum Gasteiger partial charge on any atom is 0.426 e. The van der Waals surface area contributed by atoms with E-state index in [-0.39, 0.29) is 18.5 Å². The standard InChI is InChI=1S/C17H10Cl2N2O5/c18-9-1-3-11-13(7-9)25-16(23)20(11)6-5-15(22)21-12-4-2-10(19)8-14(12)26-17(21)24/h1-4,7-8H,5-6H2. The topological polar surface area (TPSA) is 87.4 Å². The molecule has 0 unspecified atom stereocenters. The number of carbonyl (C=O) groups is 1. The van der Waals surface area contributed by atoms with Crippen LogP contribution < -0.4 is 11.5 Å². The molecule has 132 valence electrons. The van der Waals surface area contributed by atoms with Gasteiger partial charge in [-0.3, -0.25) is 9.36 Å². The van der Waals surface area contributed by atoms with Crippen LogP contribution in [0.3, 0.4) is 0 Å². The van der Waals surface area contributed by atoms with Crippen LogP contribution in [0.4, 0.5) is 0 Å². The molecule has 0 bridgehead atoms. The van der Waals surface area contributed by atoms with Gasteiger partial charge in [0.25, 0.3) is 0 Å². The zero-order valence-corrected chi connectivity index (χ0v) is 14.6. The molecule has 4 aromatic rings. The maximum atomic E-state index is 12.5. The molecule has 7 nitrogen and oxygen atoms in total. The van der Waals surface area contributed by atoms with Crippen molar-refractivity contribution in [2.75, 3.05) is 0 Å². The Hall–Kier alpha value is -2.77. The molecule has 0 aliphatic heterocycles. The highest BCUT2D eigenvalue weighted by Gasteiger charge is 2.18. The number of nitrogens with zero attached hydrogens (tertiary/aromatic N) is 2. The smallest absolute Gasteiger partial charge is 0.408 e. The zero-order valence-electron chi connectivity index (χ0n) is 13.1. The second-order valence-corrected chi connectivity index (χ2v) is 6.46. The molecule has 26 heavy (non-hydrogen) atoms. The Morgan fingerprint density at radius 3 is 2.15 bits per heavy atom. The van der Waals surface area contributed by atoms with Gasteiger partial charge in [-0.2, -0.15) is 0 Å². The second kappa shape index (κ2) is 6.19. The molecule has 0 aliphatic rings. The lowest BCUT2D eigenvalue weighted by molar-refractivity contribution is 0.0893. The monoisotopic (exact) mass is 392 g/mol. The molecular formula is C17H10Cl2N2O5. The van der Waals surface area contributed by atoms with Crippen molar-refractivity contribution in [2.45, 2.75) is 13.0 Å².